The van der Waals surface area contributed by atoms with E-state index in [-0.39, 0.29) is 29.7 Å². The molecule has 18 heteroatoms. The van der Waals surface area contributed by atoms with Gasteiger partial charge in [0.1, 0.15) is 5.69 Å². The van der Waals surface area contributed by atoms with Gasteiger partial charge in [-0.05, 0) is 111 Å². The Balaban J connectivity index is 0.894. The molecule has 0 aliphatic carbocycles. The molecule has 0 bridgehead atoms. The Kier molecular flexibility index (Phi) is 15.5. The summed E-state index contributed by atoms with van der Waals surface area (Å²) in [5, 5.41) is 17.1. The van der Waals surface area contributed by atoms with Crippen LogP contribution in [0.5, 0.6) is 0 Å². The first-order valence-electron chi connectivity index (χ1n) is 24.1. The molecule has 0 saturated carbocycles. The fourth-order valence-electron chi connectivity index (χ4n) is 10.1. The molecule has 4 heterocycles. The molecule has 3 aliphatic rings. The van der Waals surface area contributed by atoms with Gasteiger partial charge in [0.2, 0.25) is 0 Å². The topological polar surface area (TPSA) is 143 Å². The molecule has 14 nitrogen and oxygen atoms in total. The van der Waals surface area contributed by atoms with Crippen molar-refractivity contribution in [3.8, 4) is 22.4 Å². The summed E-state index contributed by atoms with van der Waals surface area (Å²) in [7, 11) is -7.32. The first kappa shape index (κ1) is 50.6. The minimum absolute atomic E-state index is 0.00252. The van der Waals surface area contributed by atoms with Crippen molar-refractivity contribution < 1.29 is 27.2 Å². The summed E-state index contributed by atoms with van der Waals surface area (Å²) in [6.07, 6.45) is 2.06. The summed E-state index contributed by atoms with van der Waals surface area (Å²) in [6.45, 7) is 13.5. The van der Waals surface area contributed by atoms with Gasteiger partial charge >= 0.3 is 7.52 Å². The van der Waals surface area contributed by atoms with Crippen molar-refractivity contribution in [2.45, 2.75) is 49.1 Å². The number of sulfone groups is 1. The first-order chi connectivity index (χ1) is 34.2. The van der Waals surface area contributed by atoms with Gasteiger partial charge in [0.25, 0.3) is 5.69 Å². The molecule has 6 aromatic rings. The van der Waals surface area contributed by atoms with Gasteiger partial charge in [0.15, 0.2) is 9.84 Å². The molecule has 374 valence electrons. The summed E-state index contributed by atoms with van der Waals surface area (Å²) < 4.78 is 57.4. The maximum Gasteiger partial charge on any atom is 0.326 e. The van der Waals surface area contributed by atoms with Crippen molar-refractivity contribution in [3.63, 3.8) is 0 Å². The SMILES string of the molecule is Cc1c(S(C)(=O)=O)c(-c2cccc(N3CCN(c4ccc(N5CCO[P@]5(=O)c5ccc(N[C@H](CCN6CCOCC6)CSc6ccccc6)c([N+](=O)[O-])c5)cc4)CC3)c2)c(-c2ccc(Cl)cc2)n1C(C)C. The number of aromatic nitrogens is 1. The zero-order chi connectivity index (χ0) is 49.9. The zero-order valence-corrected chi connectivity index (χ0v) is 43.9. The predicted octanol–water partition coefficient (Wildman–Crippen LogP) is 10.7. The van der Waals surface area contributed by atoms with Crippen LogP contribution in [0, 0.1) is 17.0 Å². The first-order valence-corrected chi connectivity index (χ1v) is 29.0. The van der Waals surface area contributed by atoms with Crippen LogP contribution in [-0.4, -0.2) is 113 Å². The van der Waals surface area contributed by atoms with E-state index in [0.717, 1.165) is 85.3 Å². The number of thioether (sulfide) groups is 1. The van der Waals surface area contributed by atoms with Gasteiger partial charge in [-0.15, -0.1) is 11.8 Å². The van der Waals surface area contributed by atoms with Gasteiger partial charge in [0.05, 0.1) is 47.2 Å². The molecule has 71 heavy (non-hydrogen) atoms. The highest BCUT2D eigenvalue weighted by atomic mass is 35.5. The van der Waals surface area contributed by atoms with Gasteiger partial charge in [-0.1, -0.05) is 54.1 Å². The second kappa shape index (κ2) is 21.8. The van der Waals surface area contributed by atoms with Crippen molar-refractivity contribution >= 4 is 74.5 Å². The zero-order valence-electron chi connectivity index (χ0n) is 40.6. The monoisotopic (exact) mass is 1040 g/mol. The van der Waals surface area contributed by atoms with Crippen LogP contribution in [0.2, 0.25) is 5.02 Å². The maximum atomic E-state index is 14.9. The lowest BCUT2D eigenvalue weighted by Gasteiger charge is -2.37. The average molecular weight is 1040 g/mol. The summed E-state index contributed by atoms with van der Waals surface area (Å²) in [4.78, 5) is 20.7. The van der Waals surface area contributed by atoms with Crippen molar-refractivity contribution in [1.29, 1.82) is 0 Å². The second-order valence-electron chi connectivity index (χ2n) is 18.6. The predicted molar refractivity (Wildman–Crippen MR) is 290 cm³/mol. The molecule has 0 spiro atoms. The average Bonchev–Trinajstić information content (AvgIpc) is 3.94. The highest BCUT2D eigenvalue weighted by Gasteiger charge is 2.41. The third-order valence-corrected chi connectivity index (χ3v) is 18.7. The standard InChI is InChI=1S/C53H61ClN7O7PS2/c1-38(2)60-39(3)53(71(4,65)66)51(52(60)40-13-15-42(54)16-14-40)41-9-8-10-46(35-41)58-27-25-57(26-28-58)44-17-19-45(20-18-44)59-31-34-68-69(59,64)47-21-22-49(50(36-47)61(62)63)55-43(23-24-56-29-32-67-33-30-56)37-70-48-11-6-5-7-12-48/h5-22,35-36,38,43,55H,23-34,37H2,1-4H3/t43-,69-/m1/s1. The Hall–Kier alpha value is -5.32. The summed E-state index contributed by atoms with van der Waals surface area (Å²) >= 11 is 8.01. The minimum Gasteiger partial charge on any atom is -0.379 e. The Morgan fingerprint density at radius 3 is 2.13 bits per heavy atom. The van der Waals surface area contributed by atoms with Gasteiger partial charge in [0, 0.05) is 114 Å². The molecule has 3 aliphatic heterocycles. The third kappa shape index (κ3) is 11.2. The second-order valence-corrected chi connectivity index (χ2v) is 24.3. The van der Waals surface area contributed by atoms with E-state index in [2.05, 4.69) is 62.7 Å². The van der Waals surface area contributed by atoms with Gasteiger partial charge in [-0.25, -0.2) is 8.42 Å². The number of morpholine rings is 1. The molecule has 5 aromatic carbocycles. The fourth-order valence-corrected chi connectivity index (χ4v) is 14.6. The number of nitro groups is 1. The molecule has 0 amide bonds. The highest BCUT2D eigenvalue weighted by Crippen LogP contribution is 2.56. The smallest absolute Gasteiger partial charge is 0.326 e. The molecule has 3 fully saturated rings. The lowest BCUT2D eigenvalue weighted by molar-refractivity contribution is -0.383. The number of nitro benzene ring substituents is 1. The van der Waals surface area contributed by atoms with Crippen LogP contribution in [0.15, 0.2) is 131 Å². The van der Waals surface area contributed by atoms with E-state index in [9.17, 15) is 23.1 Å². The molecule has 9 rings (SSSR count). The van der Waals surface area contributed by atoms with E-state index in [0.29, 0.717) is 58.1 Å². The van der Waals surface area contributed by atoms with Crippen LogP contribution in [-0.2, 0) is 23.7 Å². The molecule has 1 N–H and O–H groups in total. The molecular weight excluding hydrogens is 977 g/mol. The van der Waals surface area contributed by atoms with Crippen LogP contribution in [0.1, 0.15) is 32.0 Å². The van der Waals surface area contributed by atoms with Crippen molar-refractivity contribution in [1.82, 2.24) is 9.47 Å². The van der Waals surface area contributed by atoms with Crippen LogP contribution in [0.25, 0.3) is 22.4 Å². The van der Waals surface area contributed by atoms with Crippen molar-refractivity contribution in [3.05, 3.63) is 142 Å². The normalized spacial score (nSPS) is 18.3. The number of hydrogen-bond acceptors (Lipinski definition) is 12. The van der Waals surface area contributed by atoms with E-state index in [4.69, 9.17) is 20.9 Å². The van der Waals surface area contributed by atoms with Crippen LogP contribution >= 0.6 is 30.9 Å². The fraction of sp³-hybridized carbons (Fsp3) is 0.358. The molecule has 2 atom stereocenters. The van der Waals surface area contributed by atoms with Crippen LogP contribution in [0.4, 0.5) is 28.4 Å². The number of piperazine rings is 1. The van der Waals surface area contributed by atoms with Crippen LogP contribution in [0.3, 0.4) is 0 Å². The molecular formula is C53H61ClN7O7PS2. The molecule has 0 unspecified atom stereocenters. The van der Waals surface area contributed by atoms with E-state index < -0.39 is 22.3 Å². The highest BCUT2D eigenvalue weighted by molar-refractivity contribution is 7.99. The van der Waals surface area contributed by atoms with Gasteiger partial charge in [-0.3, -0.25) is 24.2 Å². The molecule has 1 aromatic heterocycles. The number of benzene rings is 5. The minimum atomic E-state index is -3.70. The summed E-state index contributed by atoms with van der Waals surface area (Å²) in [5.41, 5.74) is 6.94. The summed E-state index contributed by atoms with van der Waals surface area (Å²) in [6, 6.07) is 38.5. The number of nitrogens with one attached hydrogen (secondary N) is 1. The lowest BCUT2D eigenvalue weighted by Crippen LogP contribution is -2.46. The van der Waals surface area contributed by atoms with E-state index in [1.807, 2.05) is 85.8 Å². The number of nitrogens with zero attached hydrogens (tertiary/aromatic N) is 6. The van der Waals surface area contributed by atoms with E-state index in [1.165, 1.54) is 12.3 Å². The Morgan fingerprint density at radius 2 is 1.46 bits per heavy atom. The number of hydrogen-bond donors (Lipinski definition) is 1. The van der Waals surface area contributed by atoms with E-state index >= 15 is 0 Å². The number of halogens is 1. The van der Waals surface area contributed by atoms with E-state index in [1.54, 1.807) is 28.6 Å². The van der Waals surface area contributed by atoms with Crippen molar-refractivity contribution in [2.24, 2.45) is 0 Å². The Bertz CT molecular complexity index is 3000. The summed E-state index contributed by atoms with van der Waals surface area (Å²) in [5.74, 6) is 0.707. The van der Waals surface area contributed by atoms with Gasteiger partial charge in [-0.2, -0.15) is 0 Å². The Labute approximate surface area is 426 Å². The maximum absolute atomic E-state index is 14.9. The Morgan fingerprint density at radius 1 is 0.789 bits per heavy atom. The van der Waals surface area contributed by atoms with Gasteiger partial charge < -0.3 is 28.9 Å². The van der Waals surface area contributed by atoms with Crippen molar-refractivity contribution in [2.75, 3.05) is 104 Å². The largest absolute Gasteiger partial charge is 0.379 e. The molecule has 3 saturated heterocycles. The quantitative estimate of drug-likeness (QED) is 0.0401. The number of ether oxygens (including phenoxy) is 1. The van der Waals surface area contributed by atoms with Crippen LogP contribution < -0.4 is 25.1 Å². The molecule has 0 radical (unpaired) electrons. The third-order valence-electron chi connectivity index (χ3n) is 13.5. The number of anilines is 4. The number of rotatable bonds is 17. The lowest BCUT2D eigenvalue weighted by atomic mass is 10.00.